The van der Waals surface area contributed by atoms with Crippen molar-refractivity contribution in [2.45, 2.75) is 224 Å². The highest BCUT2D eigenvalue weighted by molar-refractivity contribution is 8.76. The molecular weight excluding hydrogens is 1380 g/mol. The van der Waals surface area contributed by atoms with Gasteiger partial charge < -0.3 is 95.7 Å². The monoisotopic (exact) mass is 1490 g/mol. The fourth-order valence-corrected chi connectivity index (χ4v) is 15.5. The Hall–Kier alpha value is -8.27. The summed E-state index contributed by atoms with van der Waals surface area (Å²) in [5.74, 6) is -11.2. The van der Waals surface area contributed by atoms with E-state index in [1.165, 1.54) is 51.1 Å². The predicted octanol–water partition coefficient (Wildman–Crippen LogP) is -0.691. The van der Waals surface area contributed by atoms with Crippen LogP contribution in [0, 0.1) is 23.7 Å². The summed E-state index contributed by atoms with van der Waals surface area (Å²) >= 11 is 0. The number of hydrogen-bond donors (Lipinski definition) is 15. The van der Waals surface area contributed by atoms with Gasteiger partial charge in [0, 0.05) is 44.0 Å². The van der Waals surface area contributed by atoms with Gasteiger partial charge in [0.25, 0.3) is 0 Å². The van der Waals surface area contributed by atoms with E-state index >= 15 is 0 Å². The van der Waals surface area contributed by atoms with E-state index in [2.05, 4.69) is 47.9 Å². The van der Waals surface area contributed by atoms with Crippen LogP contribution in [0.5, 0.6) is 11.5 Å². The molecule has 0 spiro atoms. The number of phenols is 2. The van der Waals surface area contributed by atoms with Gasteiger partial charge in [-0.3, -0.25) is 62.3 Å². The Morgan fingerprint density at radius 1 is 0.519 bits per heavy atom. The van der Waals surface area contributed by atoms with E-state index in [-0.39, 0.29) is 144 Å². The first-order chi connectivity index (χ1) is 49.3. The van der Waals surface area contributed by atoms with Gasteiger partial charge in [-0.05, 0) is 143 Å². The zero-order valence-corrected chi connectivity index (χ0v) is 62.6. The molecule has 0 unspecified atom stereocenters. The number of nitrogens with zero attached hydrogens (tertiary/aromatic N) is 3. The first-order valence-corrected chi connectivity index (χ1v) is 38.7. The number of hydrogen-bond acceptors (Lipinski definition) is 20. The second-order valence-electron chi connectivity index (χ2n) is 28.8. The topological polar surface area (TPSA) is 484 Å². The Balaban J connectivity index is 1.38. The number of benzene rings is 2. The number of amides is 13. The molecule has 0 aromatic heterocycles. The van der Waals surface area contributed by atoms with Crippen LogP contribution in [0.3, 0.4) is 0 Å². The lowest BCUT2D eigenvalue weighted by molar-refractivity contribution is -0.147. The molecule has 33 heteroatoms. The maximum atomic E-state index is 15.0. The summed E-state index contributed by atoms with van der Waals surface area (Å²) in [7, 11) is 2.09. The number of nitrogens with two attached hydrogens (primary N) is 4. The number of carbonyl (C=O) groups is 13. The number of nitrogens with one attached hydrogen (secondary N) is 9. The van der Waals surface area contributed by atoms with Crippen molar-refractivity contribution < 1.29 is 72.5 Å². The Morgan fingerprint density at radius 2 is 0.962 bits per heavy atom. The van der Waals surface area contributed by atoms with Gasteiger partial charge in [-0.1, -0.05) is 108 Å². The SMILES string of the molecule is CC[C@H](C)[C@H](NC(=O)[C@H](CC(C)C)NC(=O)[C@H](CCN)NC(=O)[C@@H]1CSSC[C@H](N)C(=O)N2CCC[C@H]2C(=O)N2CCC[C@H]2C(=O)N[C@@H](Cc2ccc(O)cc2)C(=O)N[C@@H](CC(C)C)C(=O)N2CCC[C@H]2C(=O)N[C@H](CCN)C(=O)N[C@@H](Cc2ccc(O)cc2)C(=O)N[C@@H](CC(C)C)C(=O)N1)C(N)=O. The Morgan fingerprint density at radius 3 is 1.46 bits per heavy atom. The largest absolute Gasteiger partial charge is 0.508 e. The van der Waals surface area contributed by atoms with Crippen molar-refractivity contribution in [2.24, 2.45) is 46.6 Å². The van der Waals surface area contributed by atoms with Gasteiger partial charge in [-0.15, -0.1) is 0 Å². The highest BCUT2D eigenvalue weighted by atomic mass is 33.1. The molecule has 576 valence electrons. The lowest BCUT2D eigenvalue weighted by Gasteiger charge is -2.33. The fourth-order valence-electron chi connectivity index (χ4n) is 13.3. The molecular formula is C71H110N16O15S2. The molecule has 4 heterocycles. The van der Waals surface area contributed by atoms with E-state index in [0.717, 1.165) is 21.6 Å². The molecule has 4 saturated heterocycles. The van der Waals surface area contributed by atoms with Gasteiger partial charge in [-0.2, -0.15) is 0 Å². The average Bonchev–Trinajstić information content (AvgIpc) is 1.64. The summed E-state index contributed by atoms with van der Waals surface area (Å²) in [5, 5.41) is 45.2. The normalized spacial score (nSPS) is 25.3. The van der Waals surface area contributed by atoms with E-state index in [9.17, 15) is 72.5 Å². The average molecular weight is 1490 g/mol. The highest BCUT2D eigenvalue weighted by Gasteiger charge is 2.46. The summed E-state index contributed by atoms with van der Waals surface area (Å²) in [6.45, 7) is 14.5. The fraction of sp³-hybridized carbons (Fsp3) is 0.648. The molecule has 6 rings (SSSR count). The molecule has 0 aliphatic carbocycles. The zero-order valence-electron chi connectivity index (χ0n) is 61.0. The summed E-state index contributed by atoms with van der Waals surface area (Å²) in [6, 6.07) is -4.82. The van der Waals surface area contributed by atoms with Gasteiger partial charge >= 0.3 is 0 Å². The molecule has 4 fully saturated rings. The Labute approximate surface area is 616 Å². The first kappa shape index (κ1) is 84.7. The second kappa shape index (κ2) is 40.9. The predicted molar refractivity (Wildman–Crippen MR) is 392 cm³/mol. The molecule has 2 aromatic carbocycles. The molecule has 14 atom stereocenters. The molecule has 13 amide bonds. The van der Waals surface area contributed by atoms with Gasteiger partial charge in [0.1, 0.15) is 84.0 Å². The van der Waals surface area contributed by atoms with Crippen molar-refractivity contribution in [2.75, 3.05) is 44.2 Å². The number of aromatic hydroxyl groups is 2. The van der Waals surface area contributed by atoms with Crippen LogP contribution in [0.2, 0.25) is 0 Å². The van der Waals surface area contributed by atoms with Crippen LogP contribution in [0.1, 0.15) is 144 Å². The molecule has 19 N–H and O–H groups in total. The lowest BCUT2D eigenvalue weighted by Crippen LogP contribution is -2.61. The molecule has 104 heavy (non-hydrogen) atoms. The highest BCUT2D eigenvalue weighted by Crippen LogP contribution is 2.29. The van der Waals surface area contributed by atoms with Crippen LogP contribution in [0.4, 0.5) is 0 Å². The zero-order chi connectivity index (χ0) is 76.6. The maximum absolute atomic E-state index is 15.0. The molecule has 0 radical (unpaired) electrons. The minimum absolute atomic E-state index is 0.0357. The van der Waals surface area contributed by atoms with E-state index < -0.39 is 155 Å². The lowest BCUT2D eigenvalue weighted by atomic mass is 9.97. The van der Waals surface area contributed by atoms with Crippen molar-refractivity contribution in [1.29, 1.82) is 0 Å². The summed E-state index contributed by atoms with van der Waals surface area (Å²) < 4.78 is 0. The molecule has 4 aliphatic heterocycles. The van der Waals surface area contributed by atoms with Crippen LogP contribution in [-0.4, -0.2) is 224 Å². The van der Waals surface area contributed by atoms with Gasteiger partial charge in [0.15, 0.2) is 0 Å². The molecule has 2 aromatic rings. The quantitative estimate of drug-likeness (QED) is 0.0612. The molecule has 31 nitrogen and oxygen atoms in total. The third-order valence-electron chi connectivity index (χ3n) is 19.0. The number of carbonyl (C=O) groups excluding carboxylic acids is 13. The van der Waals surface area contributed by atoms with Gasteiger partial charge in [-0.25, -0.2) is 0 Å². The van der Waals surface area contributed by atoms with E-state index in [4.69, 9.17) is 22.9 Å². The Bertz CT molecular complexity index is 3320. The van der Waals surface area contributed by atoms with E-state index in [1.54, 1.807) is 32.9 Å². The van der Waals surface area contributed by atoms with Crippen LogP contribution in [0.25, 0.3) is 0 Å². The molecule has 4 aliphatic rings. The standard InChI is InChI=1S/C71H110N16O15S2/c1-9-41(8)58(59(75)90)84-65(96)50(32-39(4)5)78-60(91)47(24-26-72)76-66(97)54-37-104-103-36-46(74)69(100)87-30-12-15-57(87)71(102)86-29-11-14-56(86)68(99)81-52(35-43-18-22-45(89)23-19-43)64(95)82-53(33-40(6)7)70(101)85-28-10-13-55(85)67(98)77-48(25-27-73)61(92)80-51(34-42-16-20-44(88)21-17-42)63(94)79-49(31-38(2)3)62(93)83-54/h16-23,38-41,46-58,88-89H,9-15,24-37,72-74H2,1-8H3,(H2,75,90)(H,76,97)(H,77,98)(H,78,91)(H,79,94)(H,80,92)(H,81,99)(H,82,95)(H,83,93)(H,84,96)/t41-,46-,47-,48+,49-,50-,51-,52-,53-,54-,55-,56-,57-,58-/m0/s1. The summed E-state index contributed by atoms with van der Waals surface area (Å²) in [6.07, 6.45) is 1.80. The third kappa shape index (κ3) is 24.7. The minimum atomic E-state index is -1.52. The molecule has 0 bridgehead atoms. The first-order valence-electron chi connectivity index (χ1n) is 36.2. The van der Waals surface area contributed by atoms with Crippen molar-refractivity contribution in [1.82, 2.24) is 62.6 Å². The Kier molecular flexibility index (Phi) is 33.3. The van der Waals surface area contributed by atoms with Gasteiger partial charge in [0.2, 0.25) is 76.8 Å². The number of rotatable bonds is 23. The van der Waals surface area contributed by atoms with Crippen molar-refractivity contribution in [3.05, 3.63) is 59.7 Å². The van der Waals surface area contributed by atoms with Crippen molar-refractivity contribution >= 4 is 98.4 Å². The van der Waals surface area contributed by atoms with Crippen LogP contribution < -0.4 is 70.8 Å². The van der Waals surface area contributed by atoms with Crippen LogP contribution in [0.15, 0.2) is 48.5 Å². The van der Waals surface area contributed by atoms with E-state index in [0.29, 0.717) is 36.8 Å². The van der Waals surface area contributed by atoms with Crippen LogP contribution in [-0.2, 0) is 75.2 Å². The van der Waals surface area contributed by atoms with Gasteiger partial charge in [0.05, 0.1) is 6.04 Å². The second-order valence-corrected chi connectivity index (χ2v) is 31.3. The summed E-state index contributed by atoms with van der Waals surface area (Å²) in [5.41, 5.74) is 25.4. The number of fused-ring (bicyclic) bond motifs is 3. The summed E-state index contributed by atoms with van der Waals surface area (Å²) in [4.78, 5) is 193. The van der Waals surface area contributed by atoms with E-state index in [1.807, 2.05) is 34.6 Å². The molecule has 0 saturated carbocycles. The smallest absolute Gasteiger partial charge is 0.246 e. The third-order valence-corrected chi connectivity index (χ3v) is 21.5. The van der Waals surface area contributed by atoms with Crippen molar-refractivity contribution in [3.63, 3.8) is 0 Å². The maximum Gasteiger partial charge on any atom is 0.246 e. The van der Waals surface area contributed by atoms with Crippen LogP contribution >= 0.6 is 21.6 Å². The number of phenolic OH excluding ortho intramolecular Hbond substituents is 2. The number of primary amides is 1. The minimum Gasteiger partial charge on any atom is -0.508 e. The van der Waals surface area contributed by atoms with Crippen molar-refractivity contribution in [3.8, 4) is 11.5 Å².